The summed E-state index contributed by atoms with van der Waals surface area (Å²) in [5.74, 6) is -0.189. The molecule has 0 unspecified atom stereocenters. The van der Waals surface area contributed by atoms with Crippen LogP contribution in [0.1, 0.15) is 15.9 Å². The van der Waals surface area contributed by atoms with Crippen LogP contribution in [-0.2, 0) is 14.8 Å². The van der Waals surface area contributed by atoms with Crippen LogP contribution in [-0.4, -0.2) is 52.0 Å². The van der Waals surface area contributed by atoms with Gasteiger partial charge in [0.1, 0.15) is 5.75 Å². The fourth-order valence-electron chi connectivity index (χ4n) is 2.92. The van der Waals surface area contributed by atoms with Crippen molar-refractivity contribution in [1.82, 2.24) is 4.31 Å². The number of ether oxygens (including phenoxy) is 2. The summed E-state index contributed by atoms with van der Waals surface area (Å²) >= 11 is 5.95. The topological polar surface area (TPSA) is 84.9 Å². The van der Waals surface area contributed by atoms with E-state index in [-0.39, 0.29) is 29.3 Å². The zero-order valence-corrected chi connectivity index (χ0v) is 17.1. The molecule has 1 saturated heterocycles. The van der Waals surface area contributed by atoms with E-state index >= 15 is 0 Å². The molecule has 7 nitrogen and oxygen atoms in total. The van der Waals surface area contributed by atoms with Crippen molar-refractivity contribution in [3.05, 3.63) is 52.5 Å². The highest BCUT2D eigenvalue weighted by Gasteiger charge is 2.28. The number of nitrogens with one attached hydrogen (secondary N) is 1. The Balaban J connectivity index is 1.93. The Morgan fingerprint density at radius 1 is 1.18 bits per heavy atom. The van der Waals surface area contributed by atoms with Crippen molar-refractivity contribution in [3.8, 4) is 5.75 Å². The average Bonchev–Trinajstić information content (AvgIpc) is 2.70. The van der Waals surface area contributed by atoms with Crippen molar-refractivity contribution in [1.29, 1.82) is 0 Å². The number of sulfonamides is 1. The van der Waals surface area contributed by atoms with Gasteiger partial charge in [0.15, 0.2) is 0 Å². The number of carbonyl (C=O) groups is 1. The summed E-state index contributed by atoms with van der Waals surface area (Å²) in [7, 11) is -2.30. The SMILES string of the molecule is COc1ccc(S(=O)(=O)N2CCOCC2)cc1C(=O)Nc1ccc(Cl)cc1C. The number of methoxy groups -OCH3 is 1. The lowest BCUT2D eigenvalue weighted by Gasteiger charge is -2.26. The highest BCUT2D eigenvalue weighted by atomic mass is 35.5. The third kappa shape index (κ3) is 4.30. The zero-order valence-electron chi connectivity index (χ0n) is 15.6. The van der Waals surface area contributed by atoms with Crippen molar-refractivity contribution in [2.45, 2.75) is 11.8 Å². The summed E-state index contributed by atoms with van der Waals surface area (Å²) in [6.07, 6.45) is 0. The van der Waals surface area contributed by atoms with E-state index in [0.717, 1.165) is 5.56 Å². The Morgan fingerprint density at radius 3 is 2.54 bits per heavy atom. The maximum absolute atomic E-state index is 12.9. The fourth-order valence-corrected chi connectivity index (χ4v) is 4.58. The number of morpholine rings is 1. The number of carbonyl (C=O) groups excluding carboxylic acids is 1. The molecule has 1 aliphatic rings. The highest BCUT2D eigenvalue weighted by molar-refractivity contribution is 7.89. The van der Waals surface area contributed by atoms with E-state index in [1.807, 2.05) is 6.92 Å². The van der Waals surface area contributed by atoms with Crippen molar-refractivity contribution in [3.63, 3.8) is 0 Å². The molecule has 2 aromatic carbocycles. The first-order chi connectivity index (χ1) is 13.3. The summed E-state index contributed by atoms with van der Waals surface area (Å²) in [4.78, 5) is 12.9. The van der Waals surface area contributed by atoms with Crippen LogP contribution in [0.25, 0.3) is 0 Å². The monoisotopic (exact) mass is 424 g/mol. The molecule has 0 bridgehead atoms. The Bertz CT molecular complexity index is 988. The van der Waals surface area contributed by atoms with E-state index in [2.05, 4.69) is 5.32 Å². The van der Waals surface area contributed by atoms with Crippen molar-refractivity contribution < 1.29 is 22.7 Å². The lowest BCUT2D eigenvalue weighted by Crippen LogP contribution is -2.40. The van der Waals surface area contributed by atoms with E-state index in [1.54, 1.807) is 18.2 Å². The van der Waals surface area contributed by atoms with Gasteiger partial charge < -0.3 is 14.8 Å². The molecule has 0 atom stereocenters. The smallest absolute Gasteiger partial charge is 0.259 e. The standard InChI is InChI=1S/C19H21ClN2O5S/c1-13-11-14(20)3-5-17(13)21-19(23)16-12-15(4-6-18(16)26-2)28(24,25)22-7-9-27-10-8-22/h3-6,11-12H,7-10H2,1-2H3,(H,21,23). The van der Waals surface area contributed by atoms with Crippen LogP contribution in [0, 0.1) is 6.92 Å². The van der Waals surface area contributed by atoms with Crippen LogP contribution < -0.4 is 10.1 Å². The highest BCUT2D eigenvalue weighted by Crippen LogP contribution is 2.27. The lowest BCUT2D eigenvalue weighted by atomic mass is 10.1. The number of nitrogens with zero attached hydrogens (tertiary/aromatic N) is 1. The van der Waals surface area contributed by atoms with E-state index in [1.165, 1.54) is 29.6 Å². The molecule has 1 fully saturated rings. The van der Waals surface area contributed by atoms with Gasteiger partial charge in [-0.25, -0.2) is 8.42 Å². The van der Waals surface area contributed by atoms with Gasteiger partial charge in [-0.05, 0) is 48.9 Å². The van der Waals surface area contributed by atoms with Crippen LogP contribution in [0.4, 0.5) is 5.69 Å². The molecule has 9 heteroatoms. The molecule has 0 saturated carbocycles. The van der Waals surface area contributed by atoms with Gasteiger partial charge in [0.25, 0.3) is 5.91 Å². The molecule has 1 amide bonds. The number of anilines is 1. The second-order valence-electron chi connectivity index (χ2n) is 6.29. The first kappa shape index (κ1) is 20.6. The van der Waals surface area contributed by atoms with Crippen LogP contribution in [0.3, 0.4) is 0 Å². The number of aryl methyl sites for hydroxylation is 1. The third-order valence-electron chi connectivity index (χ3n) is 4.46. The zero-order chi connectivity index (χ0) is 20.3. The Kier molecular flexibility index (Phi) is 6.24. The number of halogens is 1. The first-order valence-electron chi connectivity index (χ1n) is 8.66. The molecule has 3 rings (SSSR count). The summed E-state index contributed by atoms with van der Waals surface area (Å²) in [6, 6.07) is 9.35. The quantitative estimate of drug-likeness (QED) is 0.797. The van der Waals surface area contributed by atoms with Crippen molar-refractivity contribution in [2.75, 3.05) is 38.7 Å². The second kappa shape index (κ2) is 8.48. The molecule has 150 valence electrons. The number of hydrogen-bond acceptors (Lipinski definition) is 5. The minimum Gasteiger partial charge on any atom is -0.496 e. The normalized spacial score (nSPS) is 15.2. The van der Waals surface area contributed by atoms with E-state index in [9.17, 15) is 13.2 Å². The summed E-state index contributed by atoms with van der Waals surface area (Å²) < 4.78 is 37.6. The number of benzene rings is 2. The maximum atomic E-state index is 12.9. The molecule has 1 heterocycles. The van der Waals surface area contributed by atoms with E-state index in [4.69, 9.17) is 21.1 Å². The van der Waals surface area contributed by atoms with Gasteiger partial charge in [0.05, 0.1) is 30.8 Å². The summed E-state index contributed by atoms with van der Waals surface area (Å²) in [5.41, 5.74) is 1.50. The molecule has 0 spiro atoms. The molecule has 0 radical (unpaired) electrons. The molecule has 28 heavy (non-hydrogen) atoms. The maximum Gasteiger partial charge on any atom is 0.259 e. The Morgan fingerprint density at radius 2 is 1.89 bits per heavy atom. The fraction of sp³-hybridized carbons (Fsp3) is 0.316. The predicted molar refractivity (Wildman–Crippen MR) is 107 cm³/mol. The van der Waals surface area contributed by atoms with Gasteiger partial charge in [-0.15, -0.1) is 0 Å². The molecular weight excluding hydrogens is 404 g/mol. The largest absolute Gasteiger partial charge is 0.496 e. The first-order valence-corrected chi connectivity index (χ1v) is 10.5. The molecule has 2 aromatic rings. The number of hydrogen-bond donors (Lipinski definition) is 1. The van der Waals surface area contributed by atoms with Crippen LogP contribution in [0.5, 0.6) is 5.75 Å². The van der Waals surface area contributed by atoms with Crippen LogP contribution in [0.15, 0.2) is 41.3 Å². The van der Waals surface area contributed by atoms with Gasteiger partial charge in [-0.1, -0.05) is 11.6 Å². The lowest BCUT2D eigenvalue weighted by molar-refractivity contribution is 0.0730. The average molecular weight is 425 g/mol. The summed E-state index contributed by atoms with van der Waals surface area (Å²) in [5, 5.41) is 3.34. The molecule has 1 N–H and O–H groups in total. The van der Waals surface area contributed by atoms with Gasteiger partial charge >= 0.3 is 0 Å². The number of rotatable bonds is 5. The van der Waals surface area contributed by atoms with Crippen molar-refractivity contribution in [2.24, 2.45) is 0 Å². The van der Waals surface area contributed by atoms with Gasteiger partial charge in [0, 0.05) is 23.8 Å². The van der Waals surface area contributed by atoms with E-state index in [0.29, 0.717) is 23.9 Å². The van der Waals surface area contributed by atoms with Gasteiger partial charge in [0.2, 0.25) is 10.0 Å². The van der Waals surface area contributed by atoms with Crippen LogP contribution >= 0.6 is 11.6 Å². The van der Waals surface area contributed by atoms with Gasteiger partial charge in [-0.2, -0.15) is 4.31 Å². The number of amides is 1. The van der Waals surface area contributed by atoms with Crippen LogP contribution in [0.2, 0.25) is 5.02 Å². The van der Waals surface area contributed by atoms with Crippen molar-refractivity contribution >= 4 is 33.2 Å². The molecular formula is C19H21ClN2O5S. The Hall–Kier alpha value is -2.13. The second-order valence-corrected chi connectivity index (χ2v) is 8.67. The minimum absolute atomic E-state index is 0.0354. The Labute approximate surface area is 169 Å². The molecule has 1 aliphatic heterocycles. The molecule has 0 aliphatic carbocycles. The third-order valence-corrected chi connectivity index (χ3v) is 6.59. The predicted octanol–water partition coefficient (Wildman–Crippen LogP) is 2.93. The molecule has 0 aromatic heterocycles. The minimum atomic E-state index is -3.73. The van der Waals surface area contributed by atoms with E-state index < -0.39 is 15.9 Å². The van der Waals surface area contributed by atoms with Gasteiger partial charge in [-0.3, -0.25) is 4.79 Å². The summed E-state index contributed by atoms with van der Waals surface area (Å²) in [6.45, 7) is 3.06.